The van der Waals surface area contributed by atoms with Crippen molar-refractivity contribution in [2.75, 3.05) is 30.4 Å². The zero-order valence-electron chi connectivity index (χ0n) is 19.6. The molecule has 2 atom stereocenters. The van der Waals surface area contributed by atoms with Crippen molar-refractivity contribution in [2.45, 2.75) is 32.7 Å². The quantitative estimate of drug-likeness (QED) is 0.547. The van der Waals surface area contributed by atoms with Gasteiger partial charge in [-0.1, -0.05) is 6.92 Å². The average molecular weight is 508 g/mol. The molecule has 1 aliphatic heterocycles. The zero-order chi connectivity index (χ0) is 25.5. The van der Waals surface area contributed by atoms with Gasteiger partial charge in [0.25, 0.3) is 5.56 Å². The Labute approximate surface area is 203 Å². The fraction of sp³-hybridized carbons (Fsp3) is 0.435. The highest BCUT2D eigenvalue weighted by molar-refractivity contribution is 7.18. The summed E-state index contributed by atoms with van der Waals surface area (Å²) in [4.78, 5) is 20.2. The molecule has 0 radical (unpaired) electrons. The number of benzene rings is 1. The topological polar surface area (TPSA) is 92.4 Å². The number of aromatic nitrogens is 2. The number of hydrogen-bond donors (Lipinski definition) is 1. The van der Waals surface area contributed by atoms with Gasteiger partial charge in [0.2, 0.25) is 0 Å². The van der Waals surface area contributed by atoms with Crippen LogP contribution in [0, 0.1) is 24.2 Å². The number of nitriles is 1. The third-order valence-electron chi connectivity index (χ3n) is 6.08. The minimum atomic E-state index is -4.79. The number of aryl methyl sites for hydroxylation is 2. The molecule has 0 amide bonds. The number of thiazole rings is 1. The molecular weight excluding hydrogens is 483 g/mol. The van der Waals surface area contributed by atoms with Crippen molar-refractivity contribution < 1.29 is 22.6 Å². The van der Waals surface area contributed by atoms with Crippen LogP contribution in [0.15, 0.2) is 23.0 Å². The Morgan fingerprint density at radius 1 is 1.34 bits per heavy atom. The van der Waals surface area contributed by atoms with E-state index in [2.05, 4.69) is 21.1 Å². The molecule has 0 saturated carbocycles. The highest BCUT2D eigenvalue weighted by Gasteiger charge is 2.33. The second-order valence-corrected chi connectivity index (χ2v) is 9.64. The monoisotopic (exact) mass is 507 g/mol. The van der Waals surface area contributed by atoms with Crippen molar-refractivity contribution in [2.24, 2.45) is 13.0 Å². The van der Waals surface area contributed by atoms with E-state index in [1.807, 2.05) is 18.7 Å². The van der Waals surface area contributed by atoms with Crippen LogP contribution in [0.4, 0.5) is 24.5 Å². The lowest BCUT2D eigenvalue weighted by Crippen LogP contribution is -2.46. The van der Waals surface area contributed by atoms with Crippen LogP contribution in [0.25, 0.3) is 10.3 Å². The van der Waals surface area contributed by atoms with Gasteiger partial charge in [-0.25, -0.2) is 4.98 Å². The molecule has 1 saturated heterocycles. The normalized spacial score (nSPS) is 18.4. The van der Waals surface area contributed by atoms with Crippen LogP contribution >= 0.6 is 11.3 Å². The Morgan fingerprint density at radius 3 is 2.71 bits per heavy atom. The molecule has 12 heteroatoms. The third-order valence-corrected chi connectivity index (χ3v) is 7.13. The number of rotatable bonds is 5. The second-order valence-electron chi connectivity index (χ2n) is 8.46. The number of piperidine rings is 1. The summed E-state index contributed by atoms with van der Waals surface area (Å²) in [5.74, 6) is -0.0515. The number of pyridine rings is 1. The van der Waals surface area contributed by atoms with Crippen molar-refractivity contribution in [3.8, 4) is 17.6 Å². The van der Waals surface area contributed by atoms with Crippen molar-refractivity contribution in [1.82, 2.24) is 9.55 Å². The van der Waals surface area contributed by atoms with E-state index in [-0.39, 0.29) is 34.6 Å². The van der Waals surface area contributed by atoms with E-state index in [1.54, 1.807) is 7.05 Å². The molecule has 1 N–H and O–H groups in total. The first-order valence-corrected chi connectivity index (χ1v) is 11.7. The molecule has 186 valence electrons. The van der Waals surface area contributed by atoms with Crippen molar-refractivity contribution >= 4 is 33.1 Å². The molecule has 35 heavy (non-hydrogen) atoms. The Balaban J connectivity index is 1.58. The number of alkyl halides is 3. The number of anilines is 2. The lowest BCUT2D eigenvalue weighted by atomic mass is 9.92. The van der Waals surface area contributed by atoms with Crippen LogP contribution in [-0.4, -0.2) is 42.2 Å². The van der Waals surface area contributed by atoms with E-state index in [4.69, 9.17) is 4.74 Å². The number of fused-ring (bicyclic) bond motifs is 1. The highest BCUT2D eigenvalue weighted by Crippen LogP contribution is 2.36. The maximum absolute atomic E-state index is 12.8. The number of nitrogens with zero attached hydrogens (tertiary/aromatic N) is 4. The smallest absolute Gasteiger partial charge is 0.494 e. The van der Waals surface area contributed by atoms with Crippen LogP contribution in [0.1, 0.15) is 23.9 Å². The van der Waals surface area contributed by atoms with Crippen LogP contribution in [-0.2, 0) is 7.05 Å². The summed E-state index contributed by atoms with van der Waals surface area (Å²) in [6, 6.07) is 5.98. The molecule has 4 rings (SSSR count). The first-order valence-electron chi connectivity index (χ1n) is 10.9. The fourth-order valence-electron chi connectivity index (χ4n) is 4.44. The lowest BCUT2D eigenvalue weighted by molar-refractivity contribution is -0.274. The standard InChI is InChI=1S/C23H24F3N5O3S/c1-12-11-31(20-15(10-27)21(32)30(3)22-19(20)28-13(2)35-22)8-7-16(12)29-17-6-5-14(9-18(17)33-4)34-23(24,25)26/h5-6,9,12,16,29H,7-8,11H2,1-4H3/t12-,16+/m0/s1. The fourth-order valence-corrected chi connectivity index (χ4v) is 5.31. The lowest BCUT2D eigenvalue weighted by Gasteiger charge is -2.39. The van der Waals surface area contributed by atoms with Gasteiger partial charge in [-0.15, -0.1) is 24.5 Å². The van der Waals surface area contributed by atoms with Crippen molar-refractivity contribution in [3.05, 3.63) is 39.1 Å². The molecule has 8 nitrogen and oxygen atoms in total. The summed E-state index contributed by atoms with van der Waals surface area (Å²) in [5, 5.41) is 13.9. The first kappa shape index (κ1) is 24.7. The maximum atomic E-state index is 12.8. The second kappa shape index (κ2) is 9.30. The van der Waals surface area contributed by atoms with Crippen LogP contribution in [0.5, 0.6) is 11.5 Å². The number of methoxy groups -OCH3 is 1. The summed E-state index contributed by atoms with van der Waals surface area (Å²) in [5.41, 5.74) is 1.48. The van der Waals surface area contributed by atoms with Crippen LogP contribution in [0.2, 0.25) is 0 Å². The van der Waals surface area contributed by atoms with Gasteiger partial charge in [-0.2, -0.15) is 5.26 Å². The largest absolute Gasteiger partial charge is 0.573 e. The van der Waals surface area contributed by atoms with Gasteiger partial charge in [0, 0.05) is 32.2 Å². The Kier molecular flexibility index (Phi) is 6.55. The molecule has 2 aromatic heterocycles. The number of hydrogen-bond acceptors (Lipinski definition) is 8. The molecule has 0 aliphatic carbocycles. The Bertz CT molecular complexity index is 1360. The molecule has 0 bridgehead atoms. The van der Waals surface area contributed by atoms with Gasteiger partial charge < -0.3 is 24.3 Å². The van der Waals surface area contributed by atoms with Gasteiger partial charge in [0.1, 0.15) is 33.5 Å². The molecule has 3 aromatic rings. The predicted molar refractivity (Wildman–Crippen MR) is 127 cm³/mol. The highest BCUT2D eigenvalue weighted by atomic mass is 32.1. The van der Waals surface area contributed by atoms with Crippen LogP contribution in [0.3, 0.4) is 0 Å². The molecule has 1 aliphatic rings. The molecule has 0 unspecified atom stereocenters. The third kappa shape index (κ3) is 4.86. The summed E-state index contributed by atoms with van der Waals surface area (Å²) in [6.07, 6.45) is -4.13. The van der Waals surface area contributed by atoms with Gasteiger partial charge >= 0.3 is 6.36 Å². The van der Waals surface area contributed by atoms with Gasteiger partial charge in [-0.3, -0.25) is 4.79 Å². The summed E-state index contributed by atoms with van der Waals surface area (Å²) >= 11 is 1.41. The van der Waals surface area contributed by atoms with Crippen molar-refractivity contribution in [3.63, 3.8) is 0 Å². The summed E-state index contributed by atoms with van der Waals surface area (Å²) in [6.45, 7) is 5.02. The number of halogens is 3. The van der Waals surface area contributed by atoms with E-state index in [1.165, 1.54) is 41.2 Å². The van der Waals surface area contributed by atoms with E-state index >= 15 is 0 Å². The minimum Gasteiger partial charge on any atom is -0.494 e. The van der Waals surface area contributed by atoms with Gasteiger partial charge in [0.05, 0.1) is 23.5 Å². The first-order chi connectivity index (χ1) is 16.5. The van der Waals surface area contributed by atoms with Gasteiger partial charge in [-0.05, 0) is 31.4 Å². The van der Waals surface area contributed by atoms with Crippen LogP contribution < -0.4 is 25.2 Å². The predicted octanol–water partition coefficient (Wildman–Crippen LogP) is 4.41. The van der Waals surface area contributed by atoms with E-state index < -0.39 is 6.36 Å². The molecule has 0 spiro atoms. The van der Waals surface area contributed by atoms with Gasteiger partial charge in [0.15, 0.2) is 0 Å². The maximum Gasteiger partial charge on any atom is 0.573 e. The zero-order valence-corrected chi connectivity index (χ0v) is 20.4. The molecular formula is C23H24F3N5O3S. The van der Waals surface area contributed by atoms with E-state index in [0.29, 0.717) is 36.4 Å². The molecule has 1 fully saturated rings. The number of ether oxygens (including phenoxy) is 2. The Morgan fingerprint density at radius 2 is 2.09 bits per heavy atom. The molecule has 3 heterocycles. The van der Waals surface area contributed by atoms with E-state index in [9.17, 15) is 23.2 Å². The summed E-state index contributed by atoms with van der Waals surface area (Å²) < 4.78 is 48.4. The van der Waals surface area contributed by atoms with E-state index in [0.717, 1.165) is 9.84 Å². The summed E-state index contributed by atoms with van der Waals surface area (Å²) in [7, 11) is 3.02. The average Bonchev–Trinajstić information content (AvgIpc) is 3.18. The molecule has 1 aromatic carbocycles. The Hall–Kier alpha value is -3.46. The number of nitrogens with one attached hydrogen (secondary N) is 1. The van der Waals surface area contributed by atoms with Crippen molar-refractivity contribution in [1.29, 1.82) is 5.26 Å². The minimum absolute atomic E-state index is 0.0146. The SMILES string of the molecule is COc1cc(OC(F)(F)F)ccc1N[C@@H]1CCN(c2c(C#N)c(=O)n(C)c3sc(C)nc23)C[C@@H]1C.